The highest BCUT2D eigenvalue weighted by Crippen LogP contribution is 2.23. The maximum atomic E-state index is 13.6. The summed E-state index contributed by atoms with van der Waals surface area (Å²) < 4.78 is 18.5. The molecule has 17 heavy (non-hydrogen) atoms. The second-order valence-corrected chi connectivity index (χ2v) is 4.33. The summed E-state index contributed by atoms with van der Waals surface area (Å²) in [6.07, 6.45) is 0.940. The maximum Gasteiger partial charge on any atom is 0.165 e. The number of hydrogen-bond acceptors (Lipinski definition) is 3. The normalized spacial score (nSPS) is 12.8. The van der Waals surface area contributed by atoms with Crippen molar-refractivity contribution in [3.63, 3.8) is 0 Å². The van der Waals surface area contributed by atoms with Gasteiger partial charge in [-0.05, 0) is 51.8 Å². The van der Waals surface area contributed by atoms with Crippen LogP contribution in [0.1, 0.15) is 18.0 Å². The topological polar surface area (TPSA) is 24.5 Å². The van der Waals surface area contributed by atoms with Crippen molar-refractivity contribution in [1.29, 1.82) is 0 Å². The largest absolute Gasteiger partial charge is 0.494 e. The van der Waals surface area contributed by atoms with E-state index in [1.54, 1.807) is 6.07 Å². The van der Waals surface area contributed by atoms with Gasteiger partial charge in [-0.3, -0.25) is 0 Å². The molecule has 0 aromatic heterocycles. The number of rotatable bonds is 6. The molecule has 1 atom stereocenters. The lowest BCUT2D eigenvalue weighted by Gasteiger charge is -2.19. The summed E-state index contributed by atoms with van der Waals surface area (Å²) >= 11 is 0. The van der Waals surface area contributed by atoms with E-state index in [4.69, 9.17) is 4.74 Å². The Bertz CT molecular complexity index is 355. The van der Waals surface area contributed by atoms with Crippen molar-refractivity contribution in [3.05, 3.63) is 29.6 Å². The van der Waals surface area contributed by atoms with Gasteiger partial charge in [-0.15, -0.1) is 0 Å². The highest BCUT2D eigenvalue weighted by molar-refractivity contribution is 5.31. The molecule has 4 heteroatoms. The smallest absolute Gasteiger partial charge is 0.165 e. The van der Waals surface area contributed by atoms with Crippen LogP contribution >= 0.6 is 0 Å². The summed E-state index contributed by atoms with van der Waals surface area (Å²) in [5.74, 6) is -0.0219. The molecule has 0 spiro atoms. The molecule has 1 rings (SSSR count). The van der Waals surface area contributed by atoms with Crippen molar-refractivity contribution < 1.29 is 9.13 Å². The van der Waals surface area contributed by atoms with E-state index in [2.05, 4.69) is 10.2 Å². The van der Waals surface area contributed by atoms with Crippen LogP contribution in [0.5, 0.6) is 5.75 Å². The molecule has 0 aliphatic rings. The number of nitrogens with zero attached hydrogens (tertiary/aromatic N) is 1. The van der Waals surface area contributed by atoms with Gasteiger partial charge >= 0.3 is 0 Å². The Morgan fingerprint density at radius 3 is 2.59 bits per heavy atom. The molecule has 0 saturated carbocycles. The van der Waals surface area contributed by atoms with E-state index in [-0.39, 0.29) is 17.6 Å². The van der Waals surface area contributed by atoms with Crippen molar-refractivity contribution >= 4 is 0 Å². The molecule has 1 N–H and O–H groups in total. The minimum Gasteiger partial charge on any atom is -0.494 e. The third-order valence-electron chi connectivity index (χ3n) is 2.79. The first-order valence-corrected chi connectivity index (χ1v) is 5.74. The van der Waals surface area contributed by atoms with Crippen molar-refractivity contribution in [3.8, 4) is 5.75 Å². The van der Waals surface area contributed by atoms with E-state index < -0.39 is 0 Å². The molecule has 1 aromatic rings. The Morgan fingerprint density at radius 2 is 2.12 bits per heavy atom. The lowest BCUT2D eigenvalue weighted by Crippen LogP contribution is -2.23. The fraction of sp³-hybridized carbons (Fsp3) is 0.538. The van der Waals surface area contributed by atoms with E-state index in [1.807, 2.05) is 27.2 Å². The van der Waals surface area contributed by atoms with Crippen LogP contribution in [-0.4, -0.2) is 39.7 Å². The second kappa shape index (κ2) is 6.57. The van der Waals surface area contributed by atoms with Crippen LogP contribution in [0.25, 0.3) is 0 Å². The molecule has 0 fully saturated rings. The molecule has 1 aromatic carbocycles. The third-order valence-corrected chi connectivity index (χ3v) is 2.79. The first-order valence-electron chi connectivity index (χ1n) is 5.74. The van der Waals surface area contributed by atoms with Gasteiger partial charge in [0.2, 0.25) is 0 Å². The monoisotopic (exact) mass is 240 g/mol. The van der Waals surface area contributed by atoms with Crippen LogP contribution in [0.15, 0.2) is 18.2 Å². The van der Waals surface area contributed by atoms with Gasteiger partial charge in [-0.2, -0.15) is 0 Å². The molecule has 0 heterocycles. The predicted octanol–water partition coefficient (Wildman–Crippen LogP) is 2.05. The predicted molar refractivity (Wildman–Crippen MR) is 67.9 cm³/mol. The summed E-state index contributed by atoms with van der Waals surface area (Å²) in [4.78, 5) is 2.12. The van der Waals surface area contributed by atoms with Gasteiger partial charge < -0.3 is 15.0 Å². The number of halogens is 1. The van der Waals surface area contributed by atoms with Crippen LogP contribution < -0.4 is 10.1 Å². The molecule has 0 aliphatic carbocycles. The molecular weight excluding hydrogens is 219 g/mol. The minimum atomic E-state index is -0.310. The highest BCUT2D eigenvalue weighted by atomic mass is 19.1. The minimum absolute atomic E-state index is 0.165. The first-order chi connectivity index (χ1) is 8.08. The van der Waals surface area contributed by atoms with Gasteiger partial charge in [0, 0.05) is 6.04 Å². The quantitative estimate of drug-likeness (QED) is 0.823. The van der Waals surface area contributed by atoms with Gasteiger partial charge in [0.15, 0.2) is 11.6 Å². The number of methoxy groups -OCH3 is 1. The average molecular weight is 240 g/mol. The van der Waals surface area contributed by atoms with Crippen molar-refractivity contribution in [2.75, 3.05) is 34.8 Å². The van der Waals surface area contributed by atoms with Crippen LogP contribution in [0.4, 0.5) is 4.39 Å². The number of benzene rings is 1. The van der Waals surface area contributed by atoms with Crippen molar-refractivity contribution in [2.24, 2.45) is 0 Å². The van der Waals surface area contributed by atoms with Crippen LogP contribution in [0, 0.1) is 5.82 Å². The van der Waals surface area contributed by atoms with Gasteiger partial charge in [0.05, 0.1) is 7.11 Å². The Morgan fingerprint density at radius 1 is 1.41 bits per heavy atom. The molecule has 0 bridgehead atoms. The standard InChI is InChI=1S/C13H21FN2O/c1-15-12(7-8-16(2)3)10-5-6-13(17-4)11(14)9-10/h5-6,9,12,15H,7-8H2,1-4H3. The summed E-state index contributed by atoms with van der Waals surface area (Å²) in [7, 11) is 7.42. The van der Waals surface area contributed by atoms with Gasteiger partial charge in [-0.25, -0.2) is 4.39 Å². The Kier molecular flexibility index (Phi) is 5.38. The molecule has 1 unspecified atom stereocenters. The van der Waals surface area contributed by atoms with Gasteiger partial charge in [-0.1, -0.05) is 6.07 Å². The van der Waals surface area contributed by atoms with Gasteiger partial charge in [0.25, 0.3) is 0 Å². The zero-order chi connectivity index (χ0) is 12.8. The molecule has 0 aliphatic heterocycles. The number of hydrogen-bond donors (Lipinski definition) is 1. The Hall–Kier alpha value is -1.13. The molecular formula is C13H21FN2O. The molecule has 3 nitrogen and oxygen atoms in total. The summed E-state index contributed by atoms with van der Waals surface area (Å²) in [6, 6.07) is 5.27. The van der Waals surface area contributed by atoms with Crippen LogP contribution in [-0.2, 0) is 0 Å². The molecule has 0 amide bonds. The van der Waals surface area contributed by atoms with Crippen LogP contribution in [0.2, 0.25) is 0 Å². The Balaban J connectivity index is 2.78. The molecule has 96 valence electrons. The first kappa shape index (κ1) is 13.9. The second-order valence-electron chi connectivity index (χ2n) is 4.33. The lowest BCUT2D eigenvalue weighted by molar-refractivity contribution is 0.366. The van der Waals surface area contributed by atoms with Crippen molar-refractivity contribution in [1.82, 2.24) is 10.2 Å². The van der Waals surface area contributed by atoms with Crippen LogP contribution in [0.3, 0.4) is 0 Å². The fourth-order valence-electron chi connectivity index (χ4n) is 1.76. The molecule has 0 saturated heterocycles. The Labute approximate surface area is 103 Å². The number of ether oxygens (including phenoxy) is 1. The zero-order valence-electron chi connectivity index (χ0n) is 11.0. The maximum absolute atomic E-state index is 13.6. The van der Waals surface area contributed by atoms with E-state index in [9.17, 15) is 4.39 Å². The number of nitrogens with one attached hydrogen (secondary N) is 1. The van der Waals surface area contributed by atoms with Gasteiger partial charge in [0.1, 0.15) is 0 Å². The van der Waals surface area contributed by atoms with E-state index in [0.717, 1.165) is 18.5 Å². The van der Waals surface area contributed by atoms with Crippen molar-refractivity contribution in [2.45, 2.75) is 12.5 Å². The summed E-state index contributed by atoms with van der Waals surface area (Å²) in [5.41, 5.74) is 0.952. The third kappa shape index (κ3) is 3.98. The zero-order valence-corrected chi connectivity index (χ0v) is 11.0. The lowest BCUT2D eigenvalue weighted by atomic mass is 10.0. The SMILES string of the molecule is CNC(CCN(C)C)c1ccc(OC)c(F)c1. The van der Waals surface area contributed by atoms with E-state index >= 15 is 0 Å². The summed E-state index contributed by atoms with van der Waals surface area (Å²) in [5, 5.41) is 3.20. The molecule has 0 radical (unpaired) electrons. The average Bonchev–Trinajstić information content (AvgIpc) is 2.29. The van der Waals surface area contributed by atoms with E-state index in [1.165, 1.54) is 13.2 Å². The summed E-state index contributed by atoms with van der Waals surface area (Å²) in [6.45, 7) is 0.957. The van der Waals surface area contributed by atoms with E-state index in [0.29, 0.717) is 0 Å². The fourth-order valence-corrected chi connectivity index (χ4v) is 1.76. The highest BCUT2D eigenvalue weighted by Gasteiger charge is 2.12.